The summed E-state index contributed by atoms with van der Waals surface area (Å²) in [6.07, 6.45) is 1.12. The molecule has 1 nitrogen and oxygen atoms in total. The summed E-state index contributed by atoms with van der Waals surface area (Å²) in [5, 5.41) is 3.42. The molecule has 1 aliphatic heterocycles. The van der Waals surface area contributed by atoms with Crippen LogP contribution in [-0.2, 0) is 0 Å². The molecule has 1 fully saturated rings. The highest BCUT2D eigenvalue weighted by Crippen LogP contribution is 2.47. The van der Waals surface area contributed by atoms with E-state index in [0.717, 1.165) is 19.5 Å². The fourth-order valence-corrected chi connectivity index (χ4v) is 2.69. The lowest BCUT2D eigenvalue weighted by Gasteiger charge is -2.42. The quantitative estimate of drug-likeness (QED) is 0.631. The van der Waals surface area contributed by atoms with Gasteiger partial charge in [0, 0.05) is 0 Å². The second-order valence-corrected chi connectivity index (χ2v) is 6.02. The van der Waals surface area contributed by atoms with Gasteiger partial charge in [0.15, 0.2) is 0 Å². The van der Waals surface area contributed by atoms with Crippen LogP contribution in [0, 0.1) is 17.3 Å². The highest BCUT2D eigenvalue weighted by atomic mass is 14.9. The Hall–Kier alpha value is 0.0249. The smallest absolute Gasteiger partial charge is 0.0760 e. The first-order valence-corrected chi connectivity index (χ1v) is 5.77. The summed E-state index contributed by atoms with van der Waals surface area (Å²) >= 11 is 0. The number of rotatable bonds is 1. The maximum absolute atomic E-state index is 6.29. The van der Waals surface area contributed by atoms with E-state index >= 15 is 0 Å². The van der Waals surface area contributed by atoms with Crippen LogP contribution in [0.3, 0.4) is 0 Å². The summed E-state index contributed by atoms with van der Waals surface area (Å²) < 4.78 is 0. The Balaban J connectivity index is 2.89. The molecule has 0 bridgehead atoms. The molecule has 0 amide bonds. The predicted molar refractivity (Wildman–Crippen MR) is 63.7 cm³/mol. The molecular weight excluding hydrogens is 169 g/mol. The van der Waals surface area contributed by atoms with Gasteiger partial charge in [-0.2, -0.15) is 0 Å². The maximum atomic E-state index is 6.29. The molecule has 2 heteroatoms. The zero-order chi connectivity index (χ0) is 11.0. The molecule has 80 valence electrons. The van der Waals surface area contributed by atoms with Crippen LogP contribution >= 0.6 is 0 Å². The zero-order valence-electron chi connectivity index (χ0n) is 10.4. The van der Waals surface area contributed by atoms with Crippen molar-refractivity contribution in [1.82, 2.24) is 5.32 Å². The normalized spacial score (nSPS) is 45.1. The highest BCUT2D eigenvalue weighted by molar-refractivity contribution is 6.15. The summed E-state index contributed by atoms with van der Waals surface area (Å²) in [6, 6.07) is 0. The first kappa shape index (κ1) is 12.1. The van der Waals surface area contributed by atoms with Gasteiger partial charge < -0.3 is 5.32 Å². The fraction of sp³-hybridized carbons (Fsp3) is 1.00. The highest BCUT2D eigenvalue weighted by Gasteiger charge is 2.40. The Kier molecular flexibility index (Phi) is 3.35. The van der Waals surface area contributed by atoms with Crippen molar-refractivity contribution in [1.29, 1.82) is 0 Å². The lowest BCUT2D eigenvalue weighted by Crippen LogP contribution is -2.35. The van der Waals surface area contributed by atoms with Crippen molar-refractivity contribution < 1.29 is 0 Å². The molecule has 0 saturated carbocycles. The van der Waals surface area contributed by atoms with Gasteiger partial charge in [0.1, 0.15) is 0 Å². The molecule has 0 aliphatic carbocycles. The van der Waals surface area contributed by atoms with Gasteiger partial charge in [-0.25, -0.2) is 0 Å². The molecule has 3 unspecified atom stereocenters. The SMILES string of the molecule is [B]C1(C)CNCC(C)C(C)(C(C)C)C1. The van der Waals surface area contributed by atoms with Crippen LogP contribution < -0.4 is 5.32 Å². The lowest BCUT2D eigenvalue weighted by molar-refractivity contribution is 0.112. The lowest BCUT2D eigenvalue weighted by atomic mass is 9.57. The largest absolute Gasteiger partial charge is 0.317 e. The third kappa shape index (κ3) is 2.33. The topological polar surface area (TPSA) is 12.0 Å². The molecule has 1 aliphatic rings. The van der Waals surface area contributed by atoms with E-state index in [2.05, 4.69) is 39.9 Å². The Morgan fingerprint density at radius 1 is 1.36 bits per heavy atom. The zero-order valence-corrected chi connectivity index (χ0v) is 10.4. The molecule has 2 radical (unpaired) electrons. The van der Waals surface area contributed by atoms with E-state index in [9.17, 15) is 0 Å². The van der Waals surface area contributed by atoms with E-state index in [1.807, 2.05) is 0 Å². The average molecular weight is 193 g/mol. The van der Waals surface area contributed by atoms with Crippen LogP contribution in [0.5, 0.6) is 0 Å². The molecule has 3 atom stereocenters. The average Bonchev–Trinajstić information content (AvgIpc) is 2.10. The van der Waals surface area contributed by atoms with Gasteiger partial charge in [-0.1, -0.05) is 39.9 Å². The van der Waals surface area contributed by atoms with Gasteiger partial charge in [-0.05, 0) is 36.8 Å². The van der Waals surface area contributed by atoms with E-state index in [1.54, 1.807) is 0 Å². The third-order valence-corrected chi connectivity index (χ3v) is 4.21. The number of nitrogens with one attached hydrogen (secondary N) is 1. The summed E-state index contributed by atoms with van der Waals surface area (Å²) in [4.78, 5) is 0. The second kappa shape index (κ2) is 3.88. The third-order valence-electron chi connectivity index (χ3n) is 4.21. The second-order valence-electron chi connectivity index (χ2n) is 6.02. The van der Waals surface area contributed by atoms with Crippen molar-refractivity contribution >= 4 is 7.85 Å². The van der Waals surface area contributed by atoms with Gasteiger partial charge in [0.2, 0.25) is 0 Å². The van der Waals surface area contributed by atoms with Crippen molar-refractivity contribution in [3.05, 3.63) is 0 Å². The van der Waals surface area contributed by atoms with Gasteiger partial charge >= 0.3 is 0 Å². The fourth-order valence-electron chi connectivity index (χ4n) is 2.69. The van der Waals surface area contributed by atoms with Crippen molar-refractivity contribution in [3.63, 3.8) is 0 Å². The molecule has 14 heavy (non-hydrogen) atoms. The molecule has 0 spiro atoms. The summed E-state index contributed by atoms with van der Waals surface area (Å²) in [7, 11) is 6.29. The van der Waals surface area contributed by atoms with E-state index < -0.39 is 0 Å². The monoisotopic (exact) mass is 193 g/mol. The van der Waals surface area contributed by atoms with E-state index in [1.165, 1.54) is 0 Å². The van der Waals surface area contributed by atoms with Gasteiger partial charge in [0.25, 0.3) is 0 Å². The van der Waals surface area contributed by atoms with Crippen molar-refractivity contribution in [2.45, 2.75) is 46.4 Å². The minimum absolute atomic E-state index is 0.0518. The first-order valence-electron chi connectivity index (χ1n) is 5.77. The standard InChI is InChI=1S/C12H24BN/c1-9(2)12(5)7-11(4,13)8-14-6-10(12)3/h9-10,14H,6-8H2,1-5H3. The molecule has 1 rings (SSSR count). The molecule has 0 aromatic rings. The molecule has 1 N–H and O–H groups in total. The molecule has 0 aromatic carbocycles. The summed E-state index contributed by atoms with van der Waals surface area (Å²) in [5.74, 6) is 1.40. The van der Waals surface area contributed by atoms with Crippen LogP contribution in [0.1, 0.15) is 41.0 Å². The van der Waals surface area contributed by atoms with Crippen LogP contribution in [0.15, 0.2) is 0 Å². The molecule has 1 heterocycles. The minimum Gasteiger partial charge on any atom is -0.317 e. The molecular formula is C12H24BN. The van der Waals surface area contributed by atoms with Crippen LogP contribution in [-0.4, -0.2) is 20.9 Å². The van der Waals surface area contributed by atoms with E-state index in [4.69, 9.17) is 7.85 Å². The predicted octanol–water partition coefficient (Wildman–Crippen LogP) is 2.63. The van der Waals surface area contributed by atoms with Gasteiger partial charge in [-0.15, -0.1) is 0 Å². The Morgan fingerprint density at radius 3 is 2.43 bits per heavy atom. The summed E-state index contributed by atoms with van der Waals surface area (Å²) in [6.45, 7) is 13.6. The minimum atomic E-state index is -0.0518. The van der Waals surface area contributed by atoms with Crippen LogP contribution in [0.2, 0.25) is 5.31 Å². The first-order chi connectivity index (χ1) is 6.28. The molecule has 0 aromatic heterocycles. The Morgan fingerprint density at radius 2 is 1.93 bits per heavy atom. The van der Waals surface area contributed by atoms with Crippen molar-refractivity contribution in [2.75, 3.05) is 13.1 Å². The van der Waals surface area contributed by atoms with Crippen molar-refractivity contribution in [2.24, 2.45) is 17.3 Å². The van der Waals surface area contributed by atoms with Gasteiger partial charge in [0.05, 0.1) is 7.85 Å². The van der Waals surface area contributed by atoms with Crippen molar-refractivity contribution in [3.8, 4) is 0 Å². The van der Waals surface area contributed by atoms with Crippen LogP contribution in [0.4, 0.5) is 0 Å². The Bertz CT molecular complexity index is 200. The Labute approximate surface area is 90.4 Å². The maximum Gasteiger partial charge on any atom is 0.0760 e. The van der Waals surface area contributed by atoms with E-state index in [0.29, 0.717) is 17.3 Å². The number of hydrogen-bond donors (Lipinski definition) is 1. The van der Waals surface area contributed by atoms with E-state index in [-0.39, 0.29) is 5.31 Å². The summed E-state index contributed by atoms with van der Waals surface area (Å²) in [5.41, 5.74) is 0.368. The molecule has 1 saturated heterocycles. The van der Waals surface area contributed by atoms with Gasteiger partial charge in [-0.3, -0.25) is 0 Å². The number of hydrogen-bond acceptors (Lipinski definition) is 1. The van der Waals surface area contributed by atoms with Crippen LogP contribution in [0.25, 0.3) is 0 Å².